The second-order valence-corrected chi connectivity index (χ2v) is 7.12. The Bertz CT molecular complexity index is 661. The van der Waals surface area contributed by atoms with E-state index >= 15 is 0 Å². The monoisotopic (exact) mass is 368 g/mol. The Morgan fingerprint density at radius 1 is 1.33 bits per heavy atom. The van der Waals surface area contributed by atoms with Crippen molar-refractivity contribution in [2.24, 2.45) is 0 Å². The van der Waals surface area contributed by atoms with Crippen LogP contribution in [0.2, 0.25) is 0 Å². The maximum atomic E-state index is 10.8. The Morgan fingerprint density at radius 3 is 2.75 bits per heavy atom. The summed E-state index contributed by atoms with van der Waals surface area (Å²) in [7, 11) is 0. The third-order valence-electron chi connectivity index (χ3n) is 3.06. The molecule has 0 aliphatic carbocycles. The van der Waals surface area contributed by atoms with Crippen LogP contribution in [0, 0.1) is 0 Å². The minimum atomic E-state index is -0.944. The first-order valence-corrected chi connectivity index (χ1v) is 9.62. The number of nitrogens with zero attached hydrogens (tertiary/aromatic N) is 3. The topological polar surface area (TPSA) is 103 Å². The highest BCUT2D eigenvalue weighted by atomic mass is 32.2. The van der Waals surface area contributed by atoms with Crippen LogP contribution in [0.4, 0.5) is 0 Å². The molecule has 7 nitrogen and oxygen atoms in total. The summed E-state index contributed by atoms with van der Waals surface area (Å²) in [4.78, 5) is 10.8. The van der Waals surface area contributed by atoms with Crippen molar-refractivity contribution < 1.29 is 14.6 Å². The maximum Gasteiger partial charge on any atom is 0.335 e. The number of nitrogens with two attached hydrogens (primary N) is 1. The van der Waals surface area contributed by atoms with Crippen molar-refractivity contribution in [3.05, 3.63) is 35.7 Å². The Balaban J connectivity index is 1.69. The van der Waals surface area contributed by atoms with Crippen LogP contribution >= 0.6 is 23.5 Å². The summed E-state index contributed by atoms with van der Waals surface area (Å²) in [5.41, 5.74) is 0.247. The number of thioether (sulfide) groups is 2. The molecule has 2 rings (SSSR count). The molecule has 0 spiro atoms. The minimum Gasteiger partial charge on any atom is -0.494 e. The Morgan fingerprint density at radius 2 is 2.08 bits per heavy atom. The van der Waals surface area contributed by atoms with Crippen LogP contribution in [0.15, 0.2) is 29.4 Å². The Kier molecular flexibility index (Phi) is 7.26. The van der Waals surface area contributed by atoms with Crippen LogP contribution < -0.4 is 10.6 Å². The second-order valence-electron chi connectivity index (χ2n) is 4.79. The molecule has 0 unspecified atom stereocenters. The van der Waals surface area contributed by atoms with Gasteiger partial charge in [0, 0.05) is 5.75 Å². The fourth-order valence-electron chi connectivity index (χ4n) is 1.80. The number of hydrogen-bond acceptors (Lipinski definition) is 7. The van der Waals surface area contributed by atoms with Gasteiger partial charge in [-0.1, -0.05) is 18.7 Å². The number of nitrogen functional groups attached to an aromatic ring is 1. The Hall–Kier alpha value is -1.87. The molecular weight excluding hydrogens is 348 g/mol. The van der Waals surface area contributed by atoms with Crippen LogP contribution in [0.5, 0.6) is 5.75 Å². The van der Waals surface area contributed by atoms with Gasteiger partial charge in [-0.3, -0.25) is 0 Å². The van der Waals surface area contributed by atoms with Gasteiger partial charge in [0.25, 0.3) is 0 Å². The van der Waals surface area contributed by atoms with Crippen molar-refractivity contribution in [2.45, 2.75) is 24.3 Å². The highest BCUT2D eigenvalue weighted by molar-refractivity contribution is 7.99. The molecule has 9 heteroatoms. The van der Waals surface area contributed by atoms with Gasteiger partial charge in [0.15, 0.2) is 5.82 Å². The van der Waals surface area contributed by atoms with Gasteiger partial charge in [0.1, 0.15) is 5.75 Å². The maximum absolute atomic E-state index is 10.8. The van der Waals surface area contributed by atoms with E-state index in [4.69, 9.17) is 15.7 Å². The average molecular weight is 368 g/mol. The van der Waals surface area contributed by atoms with E-state index in [1.807, 2.05) is 0 Å². The van der Waals surface area contributed by atoms with Crippen LogP contribution in [-0.4, -0.2) is 44.1 Å². The number of rotatable bonds is 10. The summed E-state index contributed by atoms with van der Waals surface area (Å²) in [5.74, 6) is 9.04. The van der Waals surface area contributed by atoms with Crippen molar-refractivity contribution in [1.29, 1.82) is 0 Å². The van der Waals surface area contributed by atoms with E-state index in [0.29, 0.717) is 17.5 Å². The number of carboxylic acids is 1. The summed E-state index contributed by atoms with van der Waals surface area (Å²) in [6, 6.07) is 6.37. The van der Waals surface area contributed by atoms with Crippen LogP contribution in [0.3, 0.4) is 0 Å². The average Bonchev–Trinajstić information content (AvgIpc) is 2.93. The van der Waals surface area contributed by atoms with Crippen LogP contribution in [0.25, 0.3) is 0 Å². The molecular formula is C15H20N4O3S2. The molecule has 0 saturated carbocycles. The molecule has 0 fully saturated rings. The Labute approximate surface area is 148 Å². The molecule has 0 radical (unpaired) electrons. The van der Waals surface area contributed by atoms with Gasteiger partial charge in [-0.05, 0) is 36.4 Å². The number of ether oxygens (including phenoxy) is 1. The van der Waals surface area contributed by atoms with Crippen LogP contribution in [-0.2, 0) is 5.75 Å². The first-order valence-electron chi connectivity index (χ1n) is 7.48. The van der Waals surface area contributed by atoms with E-state index in [1.54, 1.807) is 40.3 Å². The molecule has 0 saturated heterocycles. The molecule has 0 atom stereocenters. The van der Waals surface area contributed by atoms with Crippen molar-refractivity contribution in [3.63, 3.8) is 0 Å². The van der Waals surface area contributed by atoms with E-state index in [2.05, 4.69) is 17.1 Å². The first-order chi connectivity index (χ1) is 11.6. The summed E-state index contributed by atoms with van der Waals surface area (Å²) in [6.45, 7) is 2.63. The number of aromatic nitrogens is 3. The van der Waals surface area contributed by atoms with Gasteiger partial charge in [0.2, 0.25) is 5.16 Å². The SMILES string of the molecule is CCSCc1nnc(SCCCOc2ccc(C(=O)O)cc2)n1N. The predicted molar refractivity (Wildman–Crippen MR) is 96.2 cm³/mol. The lowest BCUT2D eigenvalue weighted by Crippen LogP contribution is -2.13. The van der Waals surface area contributed by atoms with Gasteiger partial charge >= 0.3 is 5.97 Å². The zero-order valence-electron chi connectivity index (χ0n) is 13.3. The number of aromatic carboxylic acids is 1. The number of carboxylic acid groups (broad SMARTS) is 1. The lowest BCUT2D eigenvalue weighted by Gasteiger charge is -2.06. The number of carbonyl (C=O) groups is 1. The highest BCUT2D eigenvalue weighted by Gasteiger charge is 2.09. The normalized spacial score (nSPS) is 10.7. The third kappa shape index (κ3) is 5.34. The van der Waals surface area contributed by atoms with Crippen molar-refractivity contribution in [1.82, 2.24) is 14.9 Å². The molecule has 0 aliphatic heterocycles. The van der Waals surface area contributed by atoms with Crippen molar-refractivity contribution >= 4 is 29.5 Å². The fourth-order valence-corrected chi connectivity index (χ4v) is 3.17. The molecule has 130 valence electrons. The summed E-state index contributed by atoms with van der Waals surface area (Å²) >= 11 is 3.29. The predicted octanol–water partition coefficient (Wildman–Crippen LogP) is 2.50. The van der Waals surface area contributed by atoms with Crippen molar-refractivity contribution in [2.75, 3.05) is 24.0 Å². The highest BCUT2D eigenvalue weighted by Crippen LogP contribution is 2.18. The molecule has 0 aliphatic rings. The van der Waals surface area contributed by atoms with Gasteiger partial charge in [0.05, 0.1) is 17.9 Å². The first kappa shape index (κ1) is 18.5. The molecule has 1 aromatic carbocycles. The van der Waals surface area contributed by atoms with Gasteiger partial charge in [-0.15, -0.1) is 10.2 Å². The molecule has 1 heterocycles. The summed E-state index contributed by atoms with van der Waals surface area (Å²) in [6.07, 6.45) is 0.817. The lowest BCUT2D eigenvalue weighted by atomic mass is 10.2. The fraction of sp³-hybridized carbons (Fsp3) is 0.400. The molecule has 0 amide bonds. The minimum absolute atomic E-state index is 0.247. The smallest absolute Gasteiger partial charge is 0.335 e. The van der Waals surface area contributed by atoms with Crippen LogP contribution in [0.1, 0.15) is 29.5 Å². The zero-order chi connectivity index (χ0) is 17.4. The quantitative estimate of drug-likeness (QED) is 0.374. The number of benzene rings is 1. The largest absolute Gasteiger partial charge is 0.494 e. The van der Waals surface area contributed by atoms with E-state index in [0.717, 1.165) is 29.5 Å². The van der Waals surface area contributed by atoms with E-state index < -0.39 is 5.97 Å². The van der Waals surface area contributed by atoms with E-state index in [-0.39, 0.29) is 5.56 Å². The van der Waals surface area contributed by atoms with Gasteiger partial charge in [-0.2, -0.15) is 11.8 Å². The standard InChI is InChI=1S/C15H20N4O3S2/c1-2-23-10-13-17-18-15(19(13)16)24-9-3-8-22-12-6-4-11(5-7-12)14(20)21/h4-7H,2-3,8-10,16H2,1H3,(H,20,21). The third-order valence-corrected chi connectivity index (χ3v) is 4.96. The van der Waals surface area contributed by atoms with Gasteiger partial charge < -0.3 is 15.7 Å². The molecule has 2 aromatic rings. The zero-order valence-corrected chi connectivity index (χ0v) is 15.0. The lowest BCUT2D eigenvalue weighted by molar-refractivity contribution is 0.0697. The van der Waals surface area contributed by atoms with E-state index in [9.17, 15) is 4.79 Å². The van der Waals surface area contributed by atoms with E-state index in [1.165, 1.54) is 12.1 Å². The molecule has 0 bridgehead atoms. The van der Waals surface area contributed by atoms with Crippen molar-refractivity contribution in [3.8, 4) is 5.75 Å². The molecule has 3 N–H and O–H groups in total. The summed E-state index contributed by atoms with van der Waals surface area (Å²) in [5, 5.41) is 17.7. The summed E-state index contributed by atoms with van der Waals surface area (Å²) < 4.78 is 7.12. The number of hydrogen-bond donors (Lipinski definition) is 2. The second kappa shape index (κ2) is 9.43. The molecule has 1 aromatic heterocycles. The molecule has 24 heavy (non-hydrogen) atoms. The van der Waals surface area contributed by atoms with Gasteiger partial charge in [-0.25, -0.2) is 9.47 Å².